The van der Waals surface area contributed by atoms with Crippen LogP contribution in [0.25, 0.3) is 0 Å². The molecule has 0 atom stereocenters. The van der Waals surface area contributed by atoms with E-state index >= 15 is 0 Å². The van der Waals surface area contributed by atoms with Crippen LogP contribution in [-0.2, 0) is 43.3 Å². The maximum atomic E-state index is 0. The average Bonchev–Trinajstić information content (AvgIpc) is 0. The predicted octanol–water partition coefficient (Wildman–Crippen LogP) is -2.11. The van der Waals surface area contributed by atoms with Crippen molar-refractivity contribution in [2.24, 2.45) is 0 Å². The molecule has 0 bridgehead atoms. The van der Waals surface area contributed by atoms with Crippen LogP contribution in [0.15, 0.2) is 0 Å². The van der Waals surface area contributed by atoms with Crippen LogP contribution < -0.4 is 0 Å². The summed E-state index contributed by atoms with van der Waals surface area (Å²) in [6.45, 7) is 0. The van der Waals surface area contributed by atoms with Crippen molar-refractivity contribution in [3.63, 3.8) is 0 Å². The Bertz CT molecular complexity index is 8.00. The van der Waals surface area contributed by atoms with E-state index in [4.69, 9.17) is 0 Å². The summed E-state index contributed by atoms with van der Waals surface area (Å²) in [5.74, 6) is 0. The van der Waals surface area contributed by atoms with Gasteiger partial charge in [0.05, 0.1) is 0 Å². The Balaban J connectivity index is 0. The van der Waals surface area contributed by atoms with E-state index in [9.17, 15) is 0 Å². The normalized spacial score (nSPS) is 0. The second-order valence-electron chi connectivity index (χ2n) is 0. The summed E-state index contributed by atoms with van der Waals surface area (Å²) < 4.78 is 0. The molecule has 0 aliphatic heterocycles. The summed E-state index contributed by atoms with van der Waals surface area (Å²) in [5.41, 5.74) is 0. The maximum Gasteiger partial charge on any atom is 0.316 e. The Morgan fingerprint density at radius 3 is 1.00 bits per heavy atom. The van der Waals surface area contributed by atoms with Crippen molar-refractivity contribution >= 4 is 40.4 Å². The zero-order valence-corrected chi connectivity index (χ0v) is 4.20. The molecular formula is H5AlCuMgZr. The SMILES string of the molecule is [AlH3].[Cu].[MgH2].[Zr]. The molecule has 0 aromatic carbocycles. The zero-order valence-electron chi connectivity index (χ0n) is 0.802. The summed E-state index contributed by atoms with van der Waals surface area (Å²) in [7, 11) is 0. The van der Waals surface area contributed by atoms with Gasteiger partial charge in [-0.3, -0.25) is 0 Å². The number of rotatable bonds is 0. The van der Waals surface area contributed by atoms with Gasteiger partial charge in [0, 0.05) is 43.3 Å². The summed E-state index contributed by atoms with van der Waals surface area (Å²) in [6.07, 6.45) is 0. The van der Waals surface area contributed by atoms with E-state index in [0.717, 1.165) is 0 Å². The van der Waals surface area contributed by atoms with Gasteiger partial charge in [-0.05, 0) is 0 Å². The minimum Gasteiger partial charge on any atom is 0 e. The second-order valence-corrected chi connectivity index (χ2v) is 0. The number of hydrogen-bond donors (Lipinski definition) is 0. The summed E-state index contributed by atoms with van der Waals surface area (Å²) in [5, 5.41) is 0. The fraction of sp³-hybridized carbons (Fsp3) is 0. The van der Waals surface area contributed by atoms with Gasteiger partial charge in [-0.1, -0.05) is 0 Å². The summed E-state index contributed by atoms with van der Waals surface area (Å²) in [4.78, 5) is 0. The first-order valence-electron chi connectivity index (χ1n) is 0. The van der Waals surface area contributed by atoms with Gasteiger partial charge >= 0.3 is 23.1 Å². The van der Waals surface area contributed by atoms with E-state index in [0.29, 0.717) is 0 Å². The molecule has 1 radical (unpaired) electrons. The van der Waals surface area contributed by atoms with Crippen molar-refractivity contribution in [3.8, 4) is 0 Å². The van der Waals surface area contributed by atoms with Crippen molar-refractivity contribution in [1.29, 1.82) is 0 Å². The fourth-order valence-electron chi connectivity index (χ4n) is 0. The molecule has 0 aliphatic carbocycles. The van der Waals surface area contributed by atoms with Crippen molar-refractivity contribution in [2.75, 3.05) is 0 Å². The van der Waals surface area contributed by atoms with Gasteiger partial charge in [0.2, 0.25) is 0 Å². The molecular weight excluding hydrogens is 206 g/mol. The second kappa shape index (κ2) is 17.3. The molecule has 0 spiro atoms. The standard InChI is InChI=1S/Al.Cu.Mg.Zr.5H. The van der Waals surface area contributed by atoms with E-state index in [2.05, 4.69) is 0 Å². The Kier molecular flexibility index (Phi) is 129. The maximum absolute atomic E-state index is 0. The molecule has 0 aromatic heterocycles. The van der Waals surface area contributed by atoms with Crippen molar-refractivity contribution in [2.45, 2.75) is 0 Å². The summed E-state index contributed by atoms with van der Waals surface area (Å²) in [6, 6.07) is 0. The quantitative estimate of drug-likeness (QED) is 0.402. The van der Waals surface area contributed by atoms with Crippen LogP contribution >= 0.6 is 0 Å². The molecule has 0 amide bonds. The van der Waals surface area contributed by atoms with Crippen LogP contribution in [0.4, 0.5) is 0 Å². The third kappa shape index (κ3) is 8.83. The van der Waals surface area contributed by atoms with Crippen molar-refractivity contribution in [3.05, 3.63) is 0 Å². The first-order chi connectivity index (χ1) is 0. The minimum absolute atomic E-state index is 0. The van der Waals surface area contributed by atoms with Gasteiger partial charge in [0.15, 0.2) is 17.4 Å². The molecule has 4 heavy (non-hydrogen) atoms. The third-order valence-electron chi connectivity index (χ3n) is 0. The van der Waals surface area contributed by atoms with Crippen LogP contribution in [0.2, 0.25) is 0 Å². The Labute approximate surface area is 82.4 Å². The van der Waals surface area contributed by atoms with E-state index in [1.54, 1.807) is 0 Å². The predicted molar refractivity (Wildman–Crippen MR) is 18.5 cm³/mol. The molecule has 0 rings (SSSR count). The first kappa shape index (κ1) is 29.9. The van der Waals surface area contributed by atoms with E-state index in [1.165, 1.54) is 0 Å². The topological polar surface area (TPSA) is 0 Å². The Hall–Kier alpha value is 2.70. The molecule has 0 heterocycles. The monoisotopic (exact) mass is 209 g/mol. The average molecular weight is 211 g/mol. The molecule has 4 heteroatoms. The molecule has 0 aliphatic rings. The fourth-order valence-corrected chi connectivity index (χ4v) is 0. The van der Waals surface area contributed by atoms with Crippen LogP contribution in [0.3, 0.4) is 0 Å². The summed E-state index contributed by atoms with van der Waals surface area (Å²) >= 11 is 0. The zero-order chi connectivity index (χ0) is 0. The minimum atomic E-state index is 0. The smallest absolute Gasteiger partial charge is 0 e. The van der Waals surface area contributed by atoms with Crippen LogP contribution in [0.1, 0.15) is 0 Å². The largest absolute Gasteiger partial charge is 0.316 e. The molecule has 0 unspecified atom stereocenters. The van der Waals surface area contributed by atoms with Gasteiger partial charge in [-0.15, -0.1) is 0 Å². The first-order valence-corrected chi connectivity index (χ1v) is 0. The van der Waals surface area contributed by atoms with E-state index in [-0.39, 0.29) is 83.7 Å². The van der Waals surface area contributed by atoms with Gasteiger partial charge in [-0.25, -0.2) is 0 Å². The van der Waals surface area contributed by atoms with Crippen LogP contribution in [-0.4, -0.2) is 40.4 Å². The molecule has 25 valence electrons. The van der Waals surface area contributed by atoms with Crippen LogP contribution in [0, 0.1) is 0 Å². The Morgan fingerprint density at radius 2 is 1.00 bits per heavy atom. The molecule has 0 nitrogen and oxygen atoms in total. The molecule has 0 saturated heterocycles. The van der Waals surface area contributed by atoms with Gasteiger partial charge in [0.1, 0.15) is 0 Å². The van der Waals surface area contributed by atoms with Gasteiger partial charge < -0.3 is 0 Å². The van der Waals surface area contributed by atoms with Crippen LogP contribution in [0.5, 0.6) is 0 Å². The van der Waals surface area contributed by atoms with Gasteiger partial charge in [0.25, 0.3) is 0 Å². The third-order valence-corrected chi connectivity index (χ3v) is 0. The number of hydrogen-bond acceptors (Lipinski definition) is 0. The van der Waals surface area contributed by atoms with Crippen molar-refractivity contribution < 1.29 is 43.3 Å². The van der Waals surface area contributed by atoms with Gasteiger partial charge in [-0.2, -0.15) is 0 Å². The Morgan fingerprint density at radius 1 is 1.00 bits per heavy atom. The van der Waals surface area contributed by atoms with E-state index < -0.39 is 0 Å². The molecule has 0 N–H and O–H groups in total. The molecule has 0 fully saturated rings. The molecule has 0 saturated carbocycles. The molecule has 0 aromatic rings. The van der Waals surface area contributed by atoms with Crippen molar-refractivity contribution in [1.82, 2.24) is 0 Å². The van der Waals surface area contributed by atoms with E-state index in [1.807, 2.05) is 0 Å².